The monoisotopic (exact) mass is 271 g/mol. The summed E-state index contributed by atoms with van der Waals surface area (Å²) in [4.78, 5) is 11.5. The van der Waals surface area contributed by atoms with E-state index >= 15 is 0 Å². The van der Waals surface area contributed by atoms with E-state index in [1.165, 1.54) is 11.3 Å². The third-order valence-corrected chi connectivity index (χ3v) is 3.59. The van der Waals surface area contributed by atoms with Crippen LogP contribution >= 0.6 is 11.3 Å². The Morgan fingerprint density at radius 3 is 2.74 bits per heavy atom. The molecule has 3 aromatic rings. The largest absolute Gasteiger partial charge is 0.477 e. The maximum Gasteiger partial charge on any atom is 0.346 e. The first-order chi connectivity index (χ1) is 9.27. The summed E-state index contributed by atoms with van der Waals surface area (Å²) < 4.78 is 1.63. The first kappa shape index (κ1) is 11.6. The van der Waals surface area contributed by atoms with Gasteiger partial charge in [0.25, 0.3) is 0 Å². The Morgan fingerprint density at radius 2 is 2.00 bits per heavy atom. The third-order valence-electron chi connectivity index (χ3n) is 2.69. The Morgan fingerprint density at radius 1 is 1.21 bits per heavy atom. The zero-order valence-corrected chi connectivity index (χ0v) is 10.5. The highest BCUT2D eigenvalue weighted by Crippen LogP contribution is 2.29. The fraction of sp³-hybridized carbons (Fsp3) is 0. The maximum absolute atomic E-state index is 11.2. The van der Waals surface area contributed by atoms with Crippen molar-refractivity contribution in [1.82, 2.24) is 15.0 Å². The van der Waals surface area contributed by atoms with Crippen LogP contribution in [0.1, 0.15) is 9.67 Å². The molecule has 2 heterocycles. The van der Waals surface area contributed by atoms with E-state index in [0.717, 1.165) is 5.69 Å². The molecule has 0 radical (unpaired) electrons. The number of rotatable bonds is 3. The molecule has 2 aromatic heterocycles. The van der Waals surface area contributed by atoms with Gasteiger partial charge >= 0.3 is 5.97 Å². The summed E-state index contributed by atoms with van der Waals surface area (Å²) in [5.41, 5.74) is 2.15. The SMILES string of the molecule is O=C(O)c1sccc1-c1cnnn1-c1ccccc1. The number of benzene rings is 1. The van der Waals surface area contributed by atoms with Gasteiger partial charge in [-0.15, -0.1) is 16.4 Å². The Kier molecular flexibility index (Phi) is 2.85. The summed E-state index contributed by atoms with van der Waals surface area (Å²) in [6.45, 7) is 0. The molecule has 1 aromatic carbocycles. The fourth-order valence-corrected chi connectivity index (χ4v) is 2.60. The molecule has 0 bridgehead atoms. The van der Waals surface area contributed by atoms with E-state index in [-0.39, 0.29) is 0 Å². The molecule has 0 unspecified atom stereocenters. The van der Waals surface area contributed by atoms with E-state index in [1.807, 2.05) is 30.3 Å². The topological polar surface area (TPSA) is 68.0 Å². The van der Waals surface area contributed by atoms with Gasteiger partial charge in [0, 0.05) is 5.56 Å². The van der Waals surface area contributed by atoms with E-state index in [0.29, 0.717) is 16.1 Å². The molecule has 1 N–H and O–H groups in total. The van der Waals surface area contributed by atoms with Gasteiger partial charge in [0.05, 0.1) is 17.6 Å². The number of para-hydroxylation sites is 1. The predicted molar refractivity (Wildman–Crippen MR) is 71.6 cm³/mol. The second kappa shape index (κ2) is 4.66. The molecule has 0 saturated carbocycles. The predicted octanol–water partition coefficient (Wildman–Crippen LogP) is 2.69. The van der Waals surface area contributed by atoms with E-state index in [2.05, 4.69) is 10.3 Å². The zero-order chi connectivity index (χ0) is 13.2. The second-order valence-corrected chi connectivity index (χ2v) is 4.75. The van der Waals surface area contributed by atoms with Crippen molar-refractivity contribution < 1.29 is 9.90 Å². The number of aromatic carboxylic acids is 1. The number of aromatic nitrogens is 3. The lowest BCUT2D eigenvalue weighted by Gasteiger charge is -2.05. The third kappa shape index (κ3) is 2.02. The summed E-state index contributed by atoms with van der Waals surface area (Å²) in [6, 6.07) is 11.3. The maximum atomic E-state index is 11.2. The van der Waals surface area contributed by atoms with Crippen molar-refractivity contribution in [1.29, 1.82) is 0 Å². The van der Waals surface area contributed by atoms with Crippen molar-refractivity contribution in [2.45, 2.75) is 0 Å². The molecule has 3 rings (SSSR count). The molecule has 0 spiro atoms. The Bertz CT molecular complexity index is 718. The van der Waals surface area contributed by atoms with Crippen LogP contribution in [0.2, 0.25) is 0 Å². The van der Waals surface area contributed by atoms with Gasteiger partial charge in [-0.25, -0.2) is 9.48 Å². The number of hydrogen-bond acceptors (Lipinski definition) is 4. The second-order valence-electron chi connectivity index (χ2n) is 3.84. The van der Waals surface area contributed by atoms with Crippen LogP contribution in [-0.4, -0.2) is 26.1 Å². The van der Waals surface area contributed by atoms with Crippen LogP contribution in [0.3, 0.4) is 0 Å². The number of hydrogen-bond donors (Lipinski definition) is 1. The minimum atomic E-state index is -0.939. The lowest BCUT2D eigenvalue weighted by Crippen LogP contribution is -2.01. The van der Waals surface area contributed by atoms with Crippen molar-refractivity contribution in [3.8, 4) is 16.9 Å². The van der Waals surface area contributed by atoms with Gasteiger partial charge in [0.2, 0.25) is 0 Å². The molecule has 94 valence electrons. The molecular formula is C13H9N3O2S. The standard InChI is InChI=1S/C13H9N3O2S/c17-13(18)12-10(6-7-19-12)11-8-14-15-16(11)9-4-2-1-3-5-9/h1-8H,(H,17,18). The van der Waals surface area contributed by atoms with E-state index in [1.54, 1.807) is 22.3 Å². The number of carboxylic acids is 1. The van der Waals surface area contributed by atoms with Crippen LogP contribution < -0.4 is 0 Å². The van der Waals surface area contributed by atoms with Gasteiger partial charge in [0.15, 0.2) is 0 Å². The molecule has 0 atom stereocenters. The van der Waals surface area contributed by atoms with E-state index in [9.17, 15) is 9.90 Å². The lowest BCUT2D eigenvalue weighted by molar-refractivity contribution is 0.0703. The smallest absolute Gasteiger partial charge is 0.346 e. The van der Waals surface area contributed by atoms with Crippen molar-refractivity contribution >= 4 is 17.3 Å². The van der Waals surface area contributed by atoms with Crippen LogP contribution in [-0.2, 0) is 0 Å². The lowest BCUT2D eigenvalue weighted by atomic mass is 10.2. The quantitative estimate of drug-likeness (QED) is 0.795. The molecule has 5 nitrogen and oxygen atoms in total. The molecule has 0 aliphatic carbocycles. The van der Waals surface area contributed by atoms with Crippen molar-refractivity contribution in [2.24, 2.45) is 0 Å². The van der Waals surface area contributed by atoms with E-state index < -0.39 is 5.97 Å². The minimum Gasteiger partial charge on any atom is -0.477 e. The van der Waals surface area contributed by atoms with Crippen molar-refractivity contribution in [3.63, 3.8) is 0 Å². The molecule has 0 fully saturated rings. The minimum absolute atomic E-state index is 0.291. The average molecular weight is 271 g/mol. The highest BCUT2D eigenvalue weighted by molar-refractivity contribution is 7.12. The molecule has 0 aliphatic heterocycles. The summed E-state index contributed by atoms with van der Waals surface area (Å²) in [7, 11) is 0. The number of nitrogens with zero attached hydrogens (tertiary/aromatic N) is 3. The van der Waals surface area contributed by atoms with Crippen LogP contribution in [0.15, 0.2) is 48.0 Å². The number of thiophene rings is 1. The van der Waals surface area contributed by atoms with Crippen LogP contribution in [0.4, 0.5) is 0 Å². The molecular weight excluding hydrogens is 262 g/mol. The molecule has 19 heavy (non-hydrogen) atoms. The number of carbonyl (C=O) groups is 1. The highest BCUT2D eigenvalue weighted by atomic mass is 32.1. The van der Waals surface area contributed by atoms with Crippen molar-refractivity contribution in [2.75, 3.05) is 0 Å². The summed E-state index contributed by atoms with van der Waals surface area (Å²) in [6.07, 6.45) is 1.57. The van der Waals surface area contributed by atoms with Gasteiger partial charge in [-0.1, -0.05) is 23.4 Å². The summed E-state index contributed by atoms with van der Waals surface area (Å²) in [5.74, 6) is -0.939. The first-order valence-corrected chi connectivity index (χ1v) is 6.42. The number of carboxylic acid groups (broad SMARTS) is 1. The van der Waals surface area contributed by atoms with Crippen LogP contribution in [0.5, 0.6) is 0 Å². The van der Waals surface area contributed by atoms with Gasteiger partial charge in [-0.05, 0) is 23.6 Å². The average Bonchev–Trinajstić information content (AvgIpc) is 3.08. The zero-order valence-electron chi connectivity index (χ0n) is 9.72. The molecule has 0 aliphatic rings. The first-order valence-electron chi connectivity index (χ1n) is 5.54. The Balaban J connectivity index is 2.15. The molecule has 0 amide bonds. The van der Waals surface area contributed by atoms with E-state index in [4.69, 9.17) is 0 Å². The van der Waals surface area contributed by atoms with Gasteiger partial charge in [0.1, 0.15) is 4.88 Å². The van der Waals surface area contributed by atoms with Crippen LogP contribution in [0, 0.1) is 0 Å². The Hall–Kier alpha value is -2.47. The highest BCUT2D eigenvalue weighted by Gasteiger charge is 2.17. The molecule has 0 saturated heterocycles. The normalized spacial score (nSPS) is 10.5. The van der Waals surface area contributed by atoms with Crippen LogP contribution in [0.25, 0.3) is 16.9 Å². The van der Waals surface area contributed by atoms with Gasteiger partial charge in [-0.2, -0.15) is 0 Å². The Labute approximate surface area is 112 Å². The van der Waals surface area contributed by atoms with Gasteiger partial charge < -0.3 is 5.11 Å². The van der Waals surface area contributed by atoms with Gasteiger partial charge in [-0.3, -0.25) is 0 Å². The summed E-state index contributed by atoms with van der Waals surface area (Å²) >= 11 is 1.19. The van der Waals surface area contributed by atoms with Crippen molar-refractivity contribution in [3.05, 3.63) is 52.9 Å². The fourth-order valence-electron chi connectivity index (χ4n) is 1.86. The summed E-state index contributed by atoms with van der Waals surface area (Å²) in [5, 5.41) is 18.8. The molecule has 6 heteroatoms.